The van der Waals surface area contributed by atoms with Crippen molar-refractivity contribution in [3.8, 4) is 0 Å². The van der Waals surface area contributed by atoms with Crippen LogP contribution in [0.4, 0.5) is 22.0 Å². The van der Waals surface area contributed by atoms with Crippen LogP contribution in [0.25, 0.3) is 0 Å². The number of fused-ring (bicyclic) bond motifs is 1. The van der Waals surface area contributed by atoms with Crippen molar-refractivity contribution in [2.75, 3.05) is 0 Å². The zero-order valence-corrected chi connectivity index (χ0v) is 20.3. The van der Waals surface area contributed by atoms with E-state index < -0.39 is 75.7 Å². The SMILES string of the molecule is CC[C@H]1C[C@@H]2C[C@](c3cc(F)ccc3F)(S(=O)(=O)c3ccc(C(F)(F)F)cc3)CC[C@@H]2NS1(=O)=O. The predicted octanol–water partition coefficient (Wildman–Crippen LogP) is 4.92. The molecule has 1 saturated heterocycles. The van der Waals surface area contributed by atoms with Crippen molar-refractivity contribution < 1.29 is 38.8 Å². The Morgan fingerprint density at radius 1 is 1.09 bits per heavy atom. The first-order valence-corrected chi connectivity index (χ1v) is 14.1. The van der Waals surface area contributed by atoms with Crippen molar-refractivity contribution >= 4 is 19.9 Å². The van der Waals surface area contributed by atoms with Crippen LogP contribution >= 0.6 is 0 Å². The number of hydrogen-bond donors (Lipinski definition) is 1. The number of rotatable bonds is 4. The average Bonchev–Trinajstić information content (AvgIpc) is 2.79. The first-order valence-electron chi connectivity index (χ1n) is 11.1. The summed E-state index contributed by atoms with van der Waals surface area (Å²) in [6.45, 7) is 1.69. The van der Waals surface area contributed by atoms with Crippen LogP contribution in [-0.2, 0) is 30.8 Å². The van der Waals surface area contributed by atoms with E-state index in [0.717, 1.165) is 30.3 Å². The Labute approximate surface area is 200 Å². The van der Waals surface area contributed by atoms with E-state index in [9.17, 15) is 34.4 Å². The zero-order valence-electron chi connectivity index (χ0n) is 18.6. The molecule has 2 aliphatic rings. The molecule has 1 heterocycles. The van der Waals surface area contributed by atoms with Gasteiger partial charge in [-0.3, -0.25) is 0 Å². The molecule has 5 nitrogen and oxygen atoms in total. The van der Waals surface area contributed by atoms with E-state index in [1.165, 1.54) is 0 Å². The second-order valence-electron chi connectivity index (χ2n) is 9.18. The van der Waals surface area contributed by atoms with Crippen LogP contribution in [0.1, 0.15) is 50.2 Å². The summed E-state index contributed by atoms with van der Waals surface area (Å²) in [5.41, 5.74) is -1.45. The molecule has 0 unspecified atom stereocenters. The van der Waals surface area contributed by atoms with Gasteiger partial charge in [-0.15, -0.1) is 0 Å². The minimum absolute atomic E-state index is 0.0378. The summed E-state index contributed by atoms with van der Waals surface area (Å²) >= 11 is 0. The van der Waals surface area contributed by atoms with Crippen LogP contribution < -0.4 is 4.72 Å². The van der Waals surface area contributed by atoms with Gasteiger partial charge in [-0.25, -0.2) is 30.3 Å². The molecule has 0 bridgehead atoms. The highest BCUT2D eigenvalue weighted by atomic mass is 32.2. The van der Waals surface area contributed by atoms with Gasteiger partial charge < -0.3 is 0 Å². The molecule has 4 atom stereocenters. The maximum Gasteiger partial charge on any atom is 0.416 e. The molecule has 1 aliphatic carbocycles. The molecule has 192 valence electrons. The van der Waals surface area contributed by atoms with E-state index in [0.29, 0.717) is 12.1 Å². The summed E-state index contributed by atoms with van der Waals surface area (Å²) in [5.74, 6) is -2.31. The Hall–Kier alpha value is -2.05. The molecule has 2 fully saturated rings. The van der Waals surface area contributed by atoms with Crippen LogP contribution in [0.15, 0.2) is 47.4 Å². The highest BCUT2D eigenvalue weighted by molar-refractivity contribution is 7.92. The highest BCUT2D eigenvalue weighted by Gasteiger charge is 2.55. The lowest BCUT2D eigenvalue weighted by Gasteiger charge is -2.47. The van der Waals surface area contributed by atoms with Crippen molar-refractivity contribution in [3.63, 3.8) is 0 Å². The van der Waals surface area contributed by atoms with Crippen LogP contribution in [0.5, 0.6) is 0 Å². The molecule has 0 spiro atoms. The fourth-order valence-corrected chi connectivity index (χ4v) is 9.46. The molecule has 0 aromatic heterocycles. The molecule has 0 radical (unpaired) electrons. The van der Waals surface area contributed by atoms with E-state index in [4.69, 9.17) is 0 Å². The topological polar surface area (TPSA) is 80.3 Å². The van der Waals surface area contributed by atoms with Crippen LogP contribution in [0.3, 0.4) is 0 Å². The Kier molecular flexibility index (Phi) is 6.55. The number of hydrogen-bond acceptors (Lipinski definition) is 4. The van der Waals surface area contributed by atoms with Gasteiger partial charge in [-0.05, 0) is 80.5 Å². The summed E-state index contributed by atoms with van der Waals surface area (Å²) in [6.07, 6.45) is -4.67. The van der Waals surface area contributed by atoms with Crippen LogP contribution in [-0.4, -0.2) is 28.1 Å². The Morgan fingerprint density at radius 3 is 2.34 bits per heavy atom. The first kappa shape index (κ1) is 26.0. The summed E-state index contributed by atoms with van der Waals surface area (Å²) in [5, 5.41) is -0.773. The summed E-state index contributed by atoms with van der Waals surface area (Å²) < 4.78 is 122. The Morgan fingerprint density at radius 2 is 1.74 bits per heavy atom. The molecule has 1 aliphatic heterocycles. The third kappa shape index (κ3) is 4.48. The molecule has 35 heavy (non-hydrogen) atoms. The van der Waals surface area contributed by atoms with E-state index in [1.54, 1.807) is 6.92 Å². The monoisotopic (exact) mass is 537 g/mol. The van der Waals surface area contributed by atoms with Gasteiger partial charge in [0, 0.05) is 11.6 Å². The number of sulfonamides is 1. The first-order chi connectivity index (χ1) is 16.2. The maximum atomic E-state index is 15.1. The lowest BCUT2D eigenvalue weighted by molar-refractivity contribution is -0.137. The third-order valence-electron chi connectivity index (χ3n) is 7.22. The van der Waals surface area contributed by atoms with E-state index in [2.05, 4.69) is 4.72 Å². The second kappa shape index (κ2) is 8.81. The normalized spacial score (nSPS) is 28.9. The summed E-state index contributed by atoms with van der Waals surface area (Å²) in [7, 11) is -8.14. The van der Waals surface area contributed by atoms with Gasteiger partial charge in [0.25, 0.3) is 0 Å². The van der Waals surface area contributed by atoms with Gasteiger partial charge in [0.15, 0.2) is 9.84 Å². The second-order valence-corrected chi connectivity index (χ2v) is 13.4. The van der Waals surface area contributed by atoms with E-state index >= 15 is 4.39 Å². The van der Waals surface area contributed by atoms with Gasteiger partial charge in [0.05, 0.1) is 15.7 Å². The van der Waals surface area contributed by atoms with Crippen LogP contribution in [0.2, 0.25) is 0 Å². The smallest absolute Gasteiger partial charge is 0.223 e. The number of alkyl halides is 3. The quantitative estimate of drug-likeness (QED) is 0.562. The summed E-state index contributed by atoms with van der Waals surface area (Å²) in [6, 6.07) is 4.82. The van der Waals surface area contributed by atoms with Crippen molar-refractivity contribution in [3.05, 3.63) is 65.2 Å². The molecule has 0 amide bonds. The highest BCUT2D eigenvalue weighted by Crippen LogP contribution is 2.52. The van der Waals surface area contributed by atoms with Gasteiger partial charge in [-0.2, -0.15) is 13.2 Å². The number of nitrogens with one attached hydrogen (secondary N) is 1. The molecule has 2 aromatic carbocycles. The molecule has 1 N–H and O–H groups in total. The average molecular weight is 538 g/mol. The molecule has 2 aromatic rings. The van der Waals surface area contributed by atoms with Gasteiger partial charge >= 0.3 is 6.18 Å². The molecular formula is C23H24F5NO4S2. The van der Waals surface area contributed by atoms with Crippen molar-refractivity contribution in [2.45, 2.75) is 66.1 Å². The lowest BCUT2D eigenvalue weighted by atomic mass is 9.72. The van der Waals surface area contributed by atoms with Gasteiger partial charge in [-0.1, -0.05) is 6.92 Å². The molecular weight excluding hydrogens is 513 g/mol. The minimum Gasteiger partial charge on any atom is -0.223 e. The molecule has 4 rings (SSSR count). The standard InChI is InChI=1S/C23H24F5NO4S2/c1-2-17-11-14-13-22(10-9-21(14)29-35(17,32)33,19-12-16(24)5-8-20(19)25)34(30,31)18-6-3-15(4-7-18)23(26,27)28/h3-8,12,14,17,21,29H,2,9-11,13H2,1H3/t14-,17+,21+,22-/m1/s1. The summed E-state index contributed by atoms with van der Waals surface area (Å²) in [4.78, 5) is -0.448. The third-order valence-corrected chi connectivity index (χ3v) is 11.8. The zero-order chi connectivity index (χ0) is 25.8. The van der Waals surface area contributed by atoms with Gasteiger partial charge in [0.2, 0.25) is 10.0 Å². The largest absolute Gasteiger partial charge is 0.416 e. The number of benzene rings is 2. The maximum absolute atomic E-state index is 15.1. The number of sulfone groups is 1. The number of halogens is 5. The Bertz CT molecular complexity index is 1330. The predicted molar refractivity (Wildman–Crippen MR) is 119 cm³/mol. The van der Waals surface area contributed by atoms with Crippen molar-refractivity contribution in [2.24, 2.45) is 5.92 Å². The fraction of sp³-hybridized carbons (Fsp3) is 0.478. The lowest BCUT2D eigenvalue weighted by Crippen LogP contribution is -2.57. The van der Waals surface area contributed by atoms with E-state index in [1.807, 2.05) is 0 Å². The Balaban J connectivity index is 1.85. The molecule has 1 saturated carbocycles. The van der Waals surface area contributed by atoms with Gasteiger partial charge in [0.1, 0.15) is 16.4 Å². The molecule has 12 heteroatoms. The fourth-order valence-electron chi connectivity index (χ4n) is 5.38. The van der Waals surface area contributed by atoms with Crippen molar-refractivity contribution in [1.29, 1.82) is 0 Å². The van der Waals surface area contributed by atoms with Crippen LogP contribution in [0, 0.1) is 17.6 Å². The van der Waals surface area contributed by atoms with E-state index in [-0.39, 0.29) is 32.1 Å². The minimum atomic E-state index is -4.68. The van der Waals surface area contributed by atoms with Crippen molar-refractivity contribution in [1.82, 2.24) is 4.72 Å².